The molecule has 10 heteroatoms. The molecule has 0 aliphatic carbocycles. The number of benzene rings is 1. The van der Waals surface area contributed by atoms with Crippen LogP contribution in [0.25, 0.3) is 0 Å². The van der Waals surface area contributed by atoms with E-state index in [9.17, 15) is 22.8 Å². The number of esters is 1. The second kappa shape index (κ2) is 9.30. The van der Waals surface area contributed by atoms with Crippen LogP contribution in [0.1, 0.15) is 52.0 Å². The number of hydrogen-bond donors (Lipinski definition) is 0. The van der Waals surface area contributed by atoms with Crippen LogP contribution in [0, 0.1) is 5.92 Å². The lowest BCUT2D eigenvalue weighted by atomic mass is 9.86. The largest absolute Gasteiger partial charge is 0.466 e. The Hall–Kier alpha value is -2.46. The zero-order chi connectivity index (χ0) is 24.7. The van der Waals surface area contributed by atoms with E-state index < -0.39 is 15.4 Å². The maximum absolute atomic E-state index is 13.3. The molecule has 0 spiro atoms. The van der Waals surface area contributed by atoms with Crippen LogP contribution >= 0.6 is 0 Å². The van der Waals surface area contributed by atoms with E-state index in [1.807, 2.05) is 0 Å². The first-order valence-corrected chi connectivity index (χ1v) is 13.4. The number of likely N-dealkylation sites (tertiary alicyclic amines) is 1. The molecule has 9 nitrogen and oxygen atoms in total. The van der Waals surface area contributed by atoms with Gasteiger partial charge in [-0.1, -0.05) is 0 Å². The van der Waals surface area contributed by atoms with Gasteiger partial charge in [-0.15, -0.1) is 0 Å². The number of nitrogens with zero attached hydrogens (tertiary/aromatic N) is 3. The second-order valence-electron chi connectivity index (χ2n) is 9.74. The minimum absolute atomic E-state index is 0.150. The Morgan fingerprint density at radius 2 is 1.82 bits per heavy atom. The molecular weight excluding hydrogens is 458 g/mol. The van der Waals surface area contributed by atoms with Crippen molar-refractivity contribution < 1.29 is 27.5 Å². The van der Waals surface area contributed by atoms with Crippen molar-refractivity contribution in [3.8, 4) is 0 Å². The summed E-state index contributed by atoms with van der Waals surface area (Å²) in [6.07, 6.45) is 3.06. The average molecular weight is 492 g/mol. The zero-order valence-electron chi connectivity index (χ0n) is 20.1. The molecule has 186 valence electrons. The lowest BCUT2D eigenvalue weighted by Crippen LogP contribution is -2.48. The number of carbonyl (C=O) groups excluding carboxylic acids is 3. The number of amides is 2. The normalized spacial score (nSPS) is 22.7. The first kappa shape index (κ1) is 24.7. The van der Waals surface area contributed by atoms with Gasteiger partial charge in [0, 0.05) is 31.9 Å². The highest BCUT2D eigenvalue weighted by Gasteiger charge is 2.46. The van der Waals surface area contributed by atoms with E-state index >= 15 is 0 Å². The first-order valence-electron chi connectivity index (χ1n) is 12.0. The molecule has 34 heavy (non-hydrogen) atoms. The van der Waals surface area contributed by atoms with Gasteiger partial charge in [0.05, 0.1) is 22.8 Å². The fourth-order valence-electron chi connectivity index (χ4n) is 5.10. The molecule has 1 atom stereocenters. The van der Waals surface area contributed by atoms with Crippen molar-refractivity contribution in [2.24, 2.45) is 5.92 Å². The molecule has 3 aliphatic rings. The van der Waals surface area contributed by atoms with Gasteiger partial charge in [-0.25, -0.2) is 8.42 Å². The SMILES string of the molecule is CCOC(=O)[C@H]1CCCN(C(=O)CN2C(=O)C(C)(C)c3cc(S(=O)(=O)N4CCCC4)ccc32)C1. The van der Waals surface area contributed by atoms with Crippen LogP contribution in [0.5, 0.6) is 0 Å². The lowest BCUT2D eigenvalue weighted by molar-refractivity contribution is -0.151. The molecule has 0 saturated carbocycles. The second-order valence-corrected chi connectivity index (χ2v) is 11.7. The van der Waals surface area contributed by atoms with Gasteiger partial charge < -0.3 is 14.5 Å². The predicted octanol–water partition coefficient (Wildman–Crippen LogP) is 1.90. The van der Waals surface area contributed by atoms with Crippen molar-refractivity contribution >= 4 is 33.5 Å². The van der Waals surface area contributed by atoms with Crippen LogP contribution in [0.4, 0.5) is 5.69 Å². The molecule has 2 amide bonds. The van der Waals surface area contributed by atoms with Crippen LogP contribution in [-0.2, 0) is 34.6 Å². The van der Waals surface area contributed by atoms with Crippen LogP contribution in [0.15, 0.2) is 23.1 Å². The first-order chi connectivity index (χ1) is 16.1. The summed E-state index contributed by atoms with van der Waals surface area (Å²) in [6, 6.07) is 4.75. The summed E-state index contributed by atoms with van der Waals surface area (Å²) in [5.74, 6) is -1.13. The van der Waals surface area contributed by atoms with Crippen molar-refractivity contribution in [2.75, 3.05) is 44.2 Å². The van der Waals surface area contributed by atoms with Crippen molar-refractivity contribution in [1.82, 2.24) is 9.21 Å². The molecule has 3 heterocycles. The number of piperidine rings is 1. The van der Waals surface area contributed by atoms with Gasteiger partial charge in [-0.05, 0) is 70.2 Å². The number of sulfonamides is 1. The van der Waals surface area contributed by atoms with E-state index in [2.05, 4.69) is 0 Å². The Morgan fingerprint density at radius 3 is 2.50 bits per heavy atom. The van der Waals surface area contributed by atoms with E-state index in [1.165, 1.54) is 15.3 Å². The monoisotopic (exact) mass is 491 g/mol. The number of fused-ring (bicyclic) bond motifs is 1. The number of anilines is 1. The molecule has 1 aromatic carbocycles. The van der Waals surface area contributed by atoms with E-state index in [1.54, 1.807) is 37.8 Å². The number of hydrogen-bond acceptors (Lipinski definition) is 6. The molecular formula is C24H33N3O6S. The quantitative estimate of drug-likeness (QED) is 0.563. The van der Waals surface area contributed by atoms with Crippen molar-refractivity contribution in [3.05, 3.63) is 23.8 Å². The predicted molar refractivity (Wildman–Crippen MR) is 126 cm³/mol. The van der Waals surface area contributed by atoms with Crippen molar-refractivity contribution in [1.29, 1.82) is 0 Å². The number of rotatable bonds is 6. The van der Waals surface area contributed by atoms with Gasteiger partial charge in [0.1, 0.15) is 6.54 Å². The summed E-state index contributed by atoms with van der Waals surface area (Å²) >= 11 is 0. The summed E-state index contributed by atoms with van der Waals surface area (Å²) in [5.41, 5.74) is 0.206. The Kier molecular flexibility index (Phi) is 6.74. The highest BCUT2D eigenvalue weighted by atomic mass is 32.2. The van der Waals surface area contributed by atoms with E-state index in [-0.39, 0.29) is 41.7 Å². The molecule has 0 unspecified atom stereocenters. The third-order valence-electron chi connectivity index (χ3n) is 7.10. The van der Waals surface area contributed by atoms with Gasteiger partial charge in [0.25, 0.3) is 0 Å². The molecule has 3 aliphatic heterocycles. The highest BCUT2D eigenvalue weighted by Crippen LogP contribution is 2.43. The topological polar surface area (TPSA) is 104 Å². The third kappa shape index (κ3) is 4.33. The summed E-state index contributed by atoms with van der Waals surface area (Å²) < 4.78 is 32.7. The van der Waals surface area contributed by atoms with E-state index in [0.29, 0.717) is 50.3 Å². The van der Waals surface area contributed by atoms with Crippen LogP contribution in [0.3, 0.4) is 0 Å². The minimum Gasteiger partial charge on any atom is -0.466 e. The van der Waals surface area contributed by atoms with Gasteiger partial charge in [-0.2, -0.15) is 4.31 Å². The van der Waals surface area contributed by atoms with Crippen LogP contribution < -0.4 is 4.90 Å². The Labute approximate surface area is 201 Å². The highest BCUT2D eigenvalue weighted by molar-refractivity contribution is 7.89. The molecule has 2 fully saturated rings. The standard InChI is InChI=1S/C24H33N3O6S/c1-4-33-22(29)17-8-7-11-25(15-17)21(28)16-27-20-10-9-18(14-19(20)24(2,3)23(27)30)34(31,32)26-12-5-6-13-26/h9-10,14,17H,4-8,11-13,15-16H2,1-3H3/t17-/m0/s1. The smallest absolute Gasteiger partial charge is 0.310 e. The maximum Gasteiger partial charge on any atom is 0.310 e. The molecule has 0 bridgehead atoms. The summed E-state index contributed by atoms with van der Waals surface area (Å²) in [7, 11) is -3.62. The van der Waals surface area contributed by atoms with Gasteiger partial charge in [0.15, 0.2) is 0 Å². The van der Waals surface area contributed by atoms with Crippen LogP contribution in [-0.4, -0.2) is 74.7 Å². The van der Waals surface area contributed by atoms with Crippen LogP contribution in [0.2, 0.25) is 0 Å². The number of carbonyl (C=O) groups is 3. The molecule has 2 saturated heterocycles. The zero-order valence-corrected chi connectivity index (χ0v) is 20.9. The van der Waals surface area contributed by atoms with Gasteiger partial charge in [0.2, 0.25) is 21.8 Å². The summed E-state index contributed by atoms with van der Waals surface area (Å²) in [6.45, 7) is 7.23. The Bertz CT molecular complexity index is 1090. The third-order valence-corrected chi connectivity index (χ3v) is 9.00. The Morgan fingerprint density at radius 1 is 1.12 bits per heavy atom. The fraction of sp³-hybridized carbons (Fsp3) is 0.625. The molecule has 0 N–H and O–H groups in total. The number of ether oxygens (including phenoxy) is 1. The fourth-order valence-corrected chi connectivity index (χ4v) is 6.64. The molecule has 4 rings (SSSR count). The molecule has 0 aromatic heterocycles. The average Bonchev–Trinajstić information content (AvgIpc) is 3.43. The molecule has 1 aromatic rings. The van der Waals surface area contributed by atoms with Crippen molar-refractivity contribution in [3.63, 3.8) is 0 Å². The maximum atomic E-state index is 13.3. The Balaban J connectivity index is 1.55. The van der Waals surface area contributed by atoms with Crippen molar-refractivity contribution in [2.45, 2.75) is 56.8 Å². The minimum atomic E-state index is -3.62. The van der Waals surface area contributed by atoms with Gasteiger partial charge in [-0.3, -0.25) is 14.4 Å². The summed E-state index contributed by atoms with van der Waals surface area (Å²) in [5, 5.41) is 0. The van der Waals surface area contributed by atoms with E-state index in [0.717, 1.165) is 12.8 Å². The van der Waals surface area contributed by atoms with E-state index in [4.69, 9.17) is 4.74 Å². The molecule has 0 radical (unpaired) electrons. The van der Waals surface area contributed by atoms with Gasteiger partial charge >= 0.3 is 5.97 Å². The summed E-state index contributed by atoms with van der Waals surface area (Å²) in [4.78, 5) is 41.8. The lowest BCUT2D eigenvalue weighted by Gasteiger charge is -2.33.